The Bertz CT molecular complexity index is 878. The molecule has 0 spiro atoms. The van der Waals surface area contributed by atoms with Crippen LogP contribution in [0.5, 0.6) is 5.75 Å². The van der Waals surface area contributed by atoms with E-state index >= 15 is 0 Å². The van der Waals surface area contributed by atoms with Crippen molar-refractivity contribution in [3.05, 3.63) is 65.7 Å². The highest BCUT2D eigenvalue weighted by atomic mass is 16.5. The molecule has 1 unspecified atom stereocenters. The molecular formula is C27H36N2O3. The number of aliphatic hydroxyl groups is 1. The molecule has 1 N–H and O–H groups in total. The fraction of sp³-hybridized carbons (Fsp3) is 0.519. The van der Waals surface area contributed by atoms with Gasteiger partial charge in [0.15, 0.2) is 0 Å². The van der Waals surface area contributed by atoms with Gasteiger partial charge in [-0.1, -0.05) is 48.0 Å². The number of carbonyl (C=O) groups excluding carboxylic acids is 1. The lowest BCUT2D eigenvalue weighted by Gasteiger charge is -2.39. The molecule has 0 radical (unpaired) electrons. The lowest BCUT2D eigenvalue weighted by Crippen LogP contribution is -2.53. The summed E-state index contributed by atoms with van der Waals surface area (Å²) in [6.07, 6.45) is 4.57. The van der Waals surface area contributed by atoms with Crippen molar-refractivity contribution in [2.75, 3.05) is 32.8 Å². The van der Waals surface area contributed by atoms with Crippen LogP contribution in [0.1, 0.15) is 49.7 Å². The second-order valence-electron chi connectivity index (χ2n) is 9.65. The van der Waals surface area contributed by atoms with Gasteiger partial charge in [-0.3, -0.25) is 9.69 Å². The highest BCUT2D eigenvalue weighted by Crippen LogP contribution is 2.35. The number of β-amino-alcohol motifs (C(OH)–C–C–N with tert-alkyl or cyclic N) is 1. The number of carbonyl (C=O) groups is 1. The number of nitrogens with zero attached hydrogens (tertiary/aromatic N) is 2. The highest BCUT2D eigenvalue weighted by molar-refractivity contribution is 5.73. The molecule has 1 saturated heterocycles. The standard InChI is InChI=1S/C27H36N2O3/c1-21-8-14-26(15-9-21)32-20-27(31)18-28(22(2)30)16-17-29(19-27)25-12-10-24(11-13-25)23-6-4-3-5-7-23/h3-9,14-15,24-25,31H,10-13,16-20H2,1-2H3. The molecule has 5 nitrogen and oxygen atoms in total. The number of hydrogen-bond acceptors (Lipinski definition) is 4. The molecule has 1 heterocycles. The Hall–Kier alpha value is -2.37. The van der Waals surface area contributed by atoms with E-state index in [4.69, 9.17) is 4.74 Å². The van der Waals surface area contributed by atoms with E-state index in [9.17, 15) is 9.90 Å². The fourth-order valence-corrected chi connectivity index (χ4v) is 5.21. The topological polar surface area (TPSA) is 53.0 Å². The summed E-state index contributed by atoms with van der Waals surface area (Å²) in [4.78, 5) is 16.4. The summed E-state index contributed by atoms with van der Waals surface area (Å²) >= 11 is 0. The molecule has 1 aliphatic carbocycles. The second-order valence-corrected chi connectivity index (χ2v) is 9.65. The maximum absolute atomic E-state index is 12.2. The zero-order valence-corrected chi connectivity index (χ0v) is 19.4. The maximum Gasteiger partial charge on any atom is 0.219 e. The predicted molar refractivity (Wildman–Crippen MR) is 127 cm³/mol. The summed E-state index contributed by atoms with van der Waals surface area (Å²) in [6, 6.07) is 19.1. The monoisotopic (exact) mass is 436 g/mol. The lowest BCUT2D eigenvalue weighted by atomic mass is 9.81. The molecule has 2 aromatic carbocycles. The molecule has 1 saturated carbocycles. The third kappa shape index (κ3) is 5.70. The van der Waals surface area contributed by atoms with Crippen LogP contribution < -0.4 is 4.74 Å². The average Bonchev–Trinajstić information content (AvgIpc) is 2.99. The minimum Gasteiger partial charge on any atom is -0.490 e. The molecule has 2 aliphatic rings. The molecule has 32 heavy (non-hydrogen) atoms. The largest absolute Gasteiger partial charge is 0.490 e. The van der Waals surface area contributed by atoms with E-state index in [2.05, 4.69) is 35.2 Å². The van der Waals surface area contributed by atoms with E-state index < -0.39 is 5.60 Å². The van der Waals surface area contributed by atoms with Crippen molar-refractivity contribution in [1.82, 2.24) is 9.80 Å². The minimum absolute atomic E-state index is 0.00777. The van der Waals surface area contributed by atoms with Crippen LogP contribution in [0.4, 0.5) is 0 Å². The summed E-state index contributed by atoms with van der Waals surface area (Å²) in [5.74, 6) is 1.38. The van der Waals surface area contributed by atoms with E-state index in [0.717, 1.165) is 25.1 Å². The van der Waals surface area contributed by atoms with Crippen molar-refractivity contribution in [2.45, 2.75) is 57.1 Å². The molecule has 1 aliphatic heterocycles. The van der Waals surface area contributed by atoms with Gasteiger partial charge in [0.25, 0.3) is 0 Å². The van der Waals surface area contributed by atoms with Crippen LogP contribution in [-0.2, 0) is 4.79 Å². The van der Waals surface area contributed by atoms with Gasteiger partial charge in [0.1, 0.15) is 18.0 Å². The zero-order chi connectivity index (χ0) is 22.6. The van der Waals surface area contributed by atoms with E-state index in [1.54, 1.807) is 11.8 Å². The number of amides is 1. The van der Waals surface area contributed by atoms with Gasteiger partial charge < -0.3 is 14.7 Å². The predicted octanol–water partition coefficient (Wildman–Crippen LogP) is 4.00. The number of benzene rings is 2. The summed E-state index contributed by atoms with van der Waals surface area (Å²) < 4.78 is 5.98. The Labute approximate surface area is 192 Å². The Kier molecular flexibility index (Phi) is 7.17. The summed E-state index contributed by atoms with van der Waals surface area (Å²) in [5, 5.41) is 11.6. The Morgan fingerprint density at radius 3 is 2.34 bits per heavy atom. The van der Waals surface area contributed by atoms with E-state index in [1.165, 1.54) is 24.0 Å². The van der Waals surface area contributed by atoms with E-state index in [0.29, 0.717) is 31.6 Å². The molecule has 1 amide bonds. The Balaban J connectivity index is 1.42. The summed E-state index contributed by atoms with van der Waals surface area (Å²) in [6.45, 7) is 6.09. The maximum atomic E-state index is 12.2. The number of ether oxygens (including phenoxy) is 1. The van der Waals surface area contributed by atoms with Gasteiger partial charge in [0, 0.05) is 32.6 Å². The van der Waals surface area contributed by atoms with Crippen LogP contribution in [0.15, 0.2) is 54.6 Å². The molecular weight excluding hydrogens is 400 g/mol. The third-order valence-electron chi connectivity index (χ3n) is 7.10. The smallest absolute Gasteiger partial charge is 0.219 e. The van der Waals surface area contributed by atoms with Crippen molar-refractivity contribution in [3.63, 3.8) is 0 Å². The zero-order valence-electron chi connectivity index (χ0n) is 19.4. The normalized spacial score (nSPS) is 27.0. The molecule has 0 aromatic heterocycles. The van der Waals surface area contributed by atoms with E-state index in [-0.39, 0.29) is 12.5 Å². The van der Waals surface area contributed by atoms with Gasteiger partial charge in [0.2, 0.25) is 5.91 Å². The number of rotatable bonds is 5. The molecule has 172 valence electrons. The first kappa shape index (κ1) is 22.8. The second kappa shape index (κ2) is 10.1. The molecule has 1 atom stereocenters. The molecule has 5 heteroatoms. The van der Waals surface area contributed by atoms with E-state index in [1.807, 2.05) is 31.2 Å². The first-order chi connectivity index (χ1) is 15.4. The Morgan fingerprint density at radius 2 is 1.69 bits per heavy atom. The van der Waals surface area contributed by atoms with Gasteiger partial charge in [0.05, 0.1) is 6.54 Å². The highest BCUT2D eigenvalue weighted by Gasteiger charge is 2.39. The van der Waals surface area contributed by atoms with Crippen LogP contribution in [-0.4, -0.2) is 65.2 Å². The number of aryl methyl sites for hydroxylation is 1. The summed E-state index contributed by atoms with van der Waals surface area (Å²) in [5.41, 5.74) is 1.52. The van der Waals surface area contributed by atoms with Crippen molar-refractivity contribution >= 4 is 5.91 Å². The van der Waals surface area contributed by atoms with Gasteiger partial charge in [-0.2, -0.15) is 0 Å². The van der Waals surface area contributed by atoms with Crippen LogP contribution >= 0.6 is 0 Å². The SMILES string of the molecule is CC(=O)N1CCN(C2CCC(c3ccccc3)CC2)CC(O)(COc2ccc(C)cc2)C1. The fourth-order valence-electron chi connectivity index (χ4n) is 5.21. The molecule has 0 bridgehead atoms. The average molecular weight is 437 g/mol. The van der Waals surface area contributed by atoms with Gasteiger partial charge >= 0.3 is 0 Å². The van der Waals surface area contributed by atoms with Crippen molar-refractivity contribution in [2.24, 2.45) is 0 Å². The molecule has 2 aromatic rings. The van der Waals surface area contributed by atoms with Crippen LogP contribution in [0.3, 0.4) is 0 Å². The van der Waals surface area contributed by atoms with Crippen LogP contribution in [0.2, 0.25) is 0 Å². The molecule has 2 fully saturated rings. The van der Waals surface area contributed by atoms with Crippen LogP contribution in [0.25, 0.3) is 0 Å². The van der Waals surface area contributed by atoms with Crippen LogP contribution in [0, 0.1) is 6.92 Å². The van der Waals surface area contributed by atoms with Gasteiger partial charge in [-0.25, -0.2) is 0 Å². The summed E-state index contributed by atoms with van der Waals surface area (Å²) in [7, 11) is 0. The quantitative estimate of drug-likeness (QED) is 0.770. The minimum atomic E-state index is -1.09. The van der Waals surface area contributed by atoms with Crippen molar-refractivity contribution in [3.8, 4) is 5.75 Å². The number of hydrogen-bond donors (Lipinski definition) is 1. The van der Waals surface area contributed by atoms with Crippen molar-refractivity contribution in [1.29, 1.82) is 0 Å². The van der Waals surface area contributed by atoms with Gasteiger partial charge in [-0.15, -0.1) is 0 Å². The Morgan fingerprint density at radius 1 is 1.00 bits per heavy atom. The third-order valence-corrected chi connectivity index (χ3v) is 7.10. The first-order valence-corrected chi connectivity index (χ1v) is 11.9. The van der Waals surface area contributed by atoms with Gasteiger partial charge in [-0.05, 0) is 56.2 Å². The molecule has 4 rings (SSSR count). The lowest BCUT2D eigenvalue weighted by molar-refractivity contribution is -0.132. The van der Waals surface area contributed by atoms with Crippen molar-refractivity contribution < 1.29 is 14.6 Å². The first-order valence-electron chi connectivity index (χ1n) is 11.9.